The van der Waals surface area contributed by atoms with Crippen LogP contribution < -0.4 is 4.84 Å². The topological polar surface area (TPSA) is 98.5 Å². The van der Waals surface area contributed by atoms with E-state index < -0.39 is 6.09 Å². The number of amides is 2. The predicted octanol–water partition coefficient (Wildman–Crippen LogP) is 1.50. The molecule has 0 spiro atoms. The highest BCUT2D eigenvalue weighted by atomic mass is 19.1. The monoisotopic (exact) mass is 444 g/mol. The van der Waals surface area contributed by atoms with Crippen molar-refractivity contribution in [2.75, 3.05) is 39.3 Å². The van der Waals surface area contributed by atoms with Crippen LogP contribution in [-0.2, 0) is 6.54 Å². The van der Waals surface area contributed by atoms with Gasteiger partial charge in [0.25, 0.3) is 5.91 Å². The normalized spacial score (nSPS) is 22.7. The molecule has 4 heterocycles. The fourth-order valence-corrected chi connectivity index (χ4v) is 4.75. The van der Waals surface area contributed by atoms with E-state index >= 15 is 0 Å². The van der Waals surface area contributed by atoms with Gasteiger partial charge in [-0.05, 0) is 30.4 Å². The zero-order chi connectivity index (χ0) is 22.4. The van der Waals surface area contributed by atoms with Crippen molar-refractivity contribution in [2.45, 2.75) is 13.0 Å². The van der Waals surface area contributed by atoms with E-state index in [2.05, 4.69) is 4.90 Å². The van der Waals surface area contributed by atoms with E-state index in [-0.39, 0.29) is 35.3 Å². The quantitative estimate of drug-likeness (QED) is 0.742. The van der Waals surface area contributed by atoms with Crippen molar-refractivity contribution in [3.05, 3.63) is 47.3 Å². The maximum Gasteiger partial charge on any atom is 0.434 e. The first-order chi connectivity index (χ1) is 15.4. The molecule has 10 heteroatoms. The summed E-state index contributed by atoms with van der Waals surface area (Å²) < 4.78 is 15.3. The van der Waals surface area contributed by atoms with E-state index in [9.17, 15) is 24.2 Å². The van der Waals surface area contributed by atoms with Crippen LogP contribution in [0.15, 0.2) is 30.3 Å². The molecule has 3 saturated heterocycles. The van der Waals surface area contributed by atoms with Gasteiger partial charge in [-0.2, -0.15) is 0 Å². The Bertz CT molecular complexity index is 1020. The summed E-state index contributed by atoms with van der Waals surface area (Å²) >= 11 is 0. The van der Waals surface area contributed by atoms with Crippen molar-refractivity contribution in [1.82, 2.24) is 19.4 Å². The summed E-state index contributed by atoms with van der Waals surface area (Å²) in [6, 6.07) is 7.17. The molecule has 3 aliphatic heterocycles. The summed E-state index contributed by atoms with van der Waals surface area (Å²) in [5, 5.41) is 19.2. The van der Waals surface area contributed by atoms with Gasteiger partial charge in [-0.1, -0.05) is 6.07 Å². The molecule has 0 aliphatic carbocycles. The minimum Gasteiger partial charge on any atom is -0.492 e. The minimum atomic E-state index is -0.638. The van der Waals surface area contributed by atoms with E-state index in [1.807, 2.05) is 0 Å². The van der Waals surface area contributed by atoms with E-state index in [0.29, 0.717) is 35.5 Å². The number of carbonyl (C=O) groups excluding carboxylic acids is 2. The smallest absolute Gasteiger partial charge is 0.434 e. The van der Waals surface area contributed by atoms with Gasteiger partial charge in [0, 0.05) is 69.1 Å². The first-order valence-electron chi connectivity index (χ1n) is 10.8. The van der Waals surface area contributed by atoms with Crippen LogP contribution in [0.1, 0.15) is 22.3 Å². The first kappa shape index (κ1) is 20.6. The molecule has 32 heavy (non-hydrogen) atoms. The highest BCUT2D eigenvalue weighted by Crippen LogP contribution is 2.32. The lowest BCUT2D eigenvalue weighted by Gasteiger charge is -2.31. The fourth-order valence-electron chi connectivity index (χ4n) is 4.75. The SMILES string of the molecule is O=C(On1c(O)ccc1O)N1CC2CN(Cc3ccc(C(=O)N4CCC4)cc3F)CC2C1. The first-order valence-corrected chi connectivity index (χ1v) is 10.8. The lowest BCUT2D eigenvalue weighted by atomic mass is 10.0. The van der Waals surface area contributed by atoms with Crippen molar-refractivity contribution < 1.29 is 29.0 Å². The molecule has 0 radical (unpaired) electrons. The van der Waals surface area contributed by atoms with Gasteiger partial charge in [0.1, 0.15) is 5.82 Å². The molecule has 2 aromatic rings. The number of nitrogens with zero attached hydrogens (tertiary/aromatic N) is 4. The largest absolute Gasteiger partial charge is 0.492 e. The third-order valence-corrected chi connectivity index (χ3v) is 6.62. The summed E-state index contributed by atoms with van der Waals surface area (Å²) in [5.41, 5.74) is 0.943. The Morgan fingerprint density at radius 3 is 2.19 bits per heavy atom. The second kappa shape index (κ2) is 8.01. The third-order valence-electron chi connectivity index (χ3n) is 6.62. The maximum absolute atomic E-state index is 14.6. The van der Waals surface area contributed by atoms with E-state index in [4.69, 9.17) is 4.84 Å². The standard InChI is InChI=1S/C22H25FN4O5/c23-18-8-14(21(30)25-6-1-7-25)2-3-15(18)9-24-10-16-12-26(13-17(16)11-24)22(31)32-27-19(28)4-5-20(27)29/h2-5,8,16-17,28-29H,1,6-7,9-13H2. The number of halogens is 1. The number of carbonyl (C=O) groups is 2. The number of aromatic hydroxyl groups is 2. The number of likely N-dealkylation sites (tertiary alicyclic amines) is 3. The molecule has 3 fully saturated rings. The second-order valence-electron chi connectivity index (χ2n) is 8.77. The highest BCUT2D eigenvalue weighted by Gasteiger charge is 2.42. The summed E-state index contributed by atoms with van der Waals surface area (Å²) in [6.45, 7) is 4.36. The Labute approximate surface area is 184 Å². The average Bonchev–Trinajstić information content (AvgIpc) is 3.37. The molecule has 0 saturated carbocycles. The molecule has 1 aromatic carbocycles. The summed E-state index contributed by atoms with van der Waals surface area (Å²) in [4.78, 5) is 35.2. The minimum absolute atomic E-state index is 0.120. The van der Waals surface area contributed by atoms with Crippen molar-refractivity contribution in [3.63, 3.8) is 0 Å². The molecule has 2 atom stereocenters. The molecule has 170 valence electrons. The molecule has 0 bridgehead atoms. The lowest BCUT2D eigenvalue weighted by molar-refractivity contribution is 0.0651. The lowest BCUT2D eigenvalue weighted by Crippen LogP contribution is -2.42. The van der Waals surface area contributed by atoms with Gasteiger partial charge in [0.2, 0.25) is 11.8 Å². The van der Waals surface area contributed by atoms with Gasteiger partial charge < -0.3 is 24.9 Å². The molecule has 2 unspecified atom stereocenters. The van der Waals surface area contributed by atoms with Crippen LogP contribution >= 0.6 is 0 Å². The fraction of sp³-hybridized carbons (Fsp3) is 0.455. The number of benzene rings is 1. The van der Waals surface area contributed by atoms with Crippen LogP contribution in [0.3, 0.4) is 0 Å². The maximum atomic E-state index is 14.6. The zero-order valence-corrected chi connectivity index (χ0v) is 17.5. The van der Waals surface area contributed by atoms with E-state index in [1.165, 1.54) is 18.2 Å². The Balaban J connectivity index is 1.15. The van der Waals surface area contributed by atoms with Gasteiger partial charge in [-0.3, -0.25) is 9.69 Å². The number of hydrogen-bond acceptors (Lipinski definition) is 6. The molecule has 3 aliphatic rings. The van der Waals surface area contributed by atoms with Gasteiger partial charge in [-0.15, -0.1) is 4.73 Å². The van der Waals surface area contributed by atoms with E-state index in [1.54, 1.807) is 21.9 Å². The van der Waals surface area contributed by atoms with Crippen LogP contribution in [-0.4, -0.2) is 80.9 Å². The Kier molecular flexibility index (Phi) is 5.16. The van der Waals surface area contributed by atoms with E-state index in [0.717, 1.165) is 32.6 Å². The molecule has 2 amide bonds. The average molecular weight is 444 g/mol. The van der Waals surface area contributed by atoms with Crippen molar-refractivity contribution in [1.29, 1.82) is 0 Å². The van der Waals surface area contributed by atoms with Gasteiger partial charge in [-0.25, -0.2) is 9.18 Å². The van der Waals surface area contributed by atoms with Crippen LogP contribution in [0.25, 0.3) is 0 Å². The van der Waals surface area contributed by atoms with Crippen molar-refractivity contribution in [3.8, 4) is 11.8 Å². The van der Waals surface area contributed by atoms with Crippen LogP contribution in [0.4, 0.5) is 9.18 Å². The molecule has 2 N–H and O–H groups in total. The van der Waals surface area contributed by atoms with Crippen molar-refractivity contribution in [2.24, 2.45) is 11.8 Å². The number of hydrogen-bond donors (Lipinski definition) is 2. The molecular formula is C22H25FN4O5. The molecular weight excluding hydrogens is 419 g/mol. The second-order valence-corrected chi connectivity index (χ2v) is 8.77. The summed E-state index contributed by atoms with van der Waals surface area (Å²) in [5.74, 6) is -0.729. The molecule has 1 aromatic heterocycles. The van der Waals surface area contributed by atoms with Crippen LogP contribution in [0.2, 0.25) is 0 Å². The van der Waals surface area contributed by atoms with Gasteiger partial charge >= 0.3 is 6.09 Å². The molecule has 5 rings (SSSR count). The summed E-state index contributed by atoms with van der Waals surface area (Å²) in [6.07, 6.45) is 0.358. The molecule has 9 nitrogen and oxygen atoms in total. The Morgan fingerprint density at radius 1 is 0.969 bits per heavy atom. The Hall–Kier alpha value is -3.27. The van der Waals surface area contributed by atoms with Gasteiger partial charge in [0.05, 0.1) is 0 Å². The number of fused-ring (bicyclic) bond motifs is 1. The van der Waals surface area contributed by atoms with Gasteiger partial charge in [0.15, 0.2) is 0 Å². The summed E-state index contributed by atoms with van der Waals surface area (Å²) in [7, 11) is 0. The Morgan fingerprint density at radius 2 is 1.62 bits per heavy atom. The number of aromatic nitrogens is 1. The zero-order valence-electron chi connectivity index (χ0n) is 17.5. The predicted molar refractivity (Wildman–Crippen MR) is 110 cm³/mol. The third kappa shape index (κ3) is 3.75. The van der Waals surface area contributed by atoms with Crippen LogP contribution in [0, 0.1) is 17.7 Å². The van der Waals surface area contributed by atoms with Crippen LogP contribution in [0.5, 0.6) is 11.8 Å². The highest BCUT2D eigenvalue weighted by molar-refractivity contribution is 5.94. The number of rotatable bonds is 4. The van der Waals surface area contributed by atoms with Crippen molar-refractivity contribution >= 4 is 12.0 Å².